The molecule has 0 atom stereocenters. The van der Waals surface area contributed by atoms with Crippen molar-refractivity contribution in [1.29, 1.82) is 0 Å². The summed E-state index contributed by atoms with van der Waals surface area (Å²) < 4.78 is 0. The second-order valence-corrected chi connectivity index (χ2v) is 4.07. The average Bonchev–Trinajstić information content (AvgIpc) is 2.20. The SMILES string of the molecule is CNCC(=O)c1cc(C)c(C)c(C)c1C. The van der Waals surface area contributed by atoms with Crippen LogP contribution in [0.1, 0.15) is 32.6 Å². The van der Waals surface area contributed by atoms with Crippen molar-refractivity contribution < 1.29 is 4.79 Å². The molecule has 1 aromatic rings. The van der Waals surface area contributed by atoms with Gasteiger partial charge in [0.05, 0.1) is 6.54 Å². The van der Waals surface area contributed by atoms with Gasteiger partial charge in [-0.3, -0.25) is 4.79 Å². The monoisotopic (exact) mass is 205 g/mol. The van der Waals surface area contributed by atoms with Crippen LogP contribution in [0.3, 0.4) is 0 Å². The normalized spacial score (nSPS) is 10.5. The van der Waals surface area contributed by atoms with Gasteiger partial charge >= 0.3 is 0 Å². The number of carbonyl (C=O) groups is 1. The standard InChI is InChI=1S/C13H19NO/c1-8-6-12(13(15)7-14-5)11(4)10(3)9(8)2/h6,14H,7H2,1-5H3. The van der Waals surface area contributed by atoms with Crippen molar-refractivity contribution in [2.75, 3.05) is 13.6 Å². The Kier molecular flexibility index (Phi) is 3.64. The zero-order valence-corrected chi connectivity index (χ0v) is 10.2. The molecule has 0 saturated carbocycles. The zero-order chi connectivity index (χ0) is 11.6. The molecule has 0 bridgehead atoms. The summed E-state index contributed by atoms with van der Waals surface area (Å²) in [5.74, 6) is 0.168. The Morgan fingerprint density at radius 1 is 1.13 bits per heavy atom. The number of hydrogen-bond donors (Lipinski definition) is 1. The number of nitrogens with one attached hydrogen (secondary N) is 1. The van der Waals surface area contributed by atoms with E-state index >= 15 is 0 Å². The zero-order valence-electron chi connectivity index (χ0n) is 10.2. The molecule has 0 unspecified atom stereocenters. The molecule has 0 radical (unpaired) electrons. The Balaban J connectivity index is 3.26. The Labute approximate surface area is 91.7 Å². The number of carbonyl (C=O) groups excluding carboxylic acids is 1. The number of benzene rings is 1. The smallest absolute Gasteiger partial charge is 0.176 e. The number of rotatable bonds is 3. The minimum Gasteiger partial charge on any atom is -0.313 e. The van der Waals surface area contributed by atoms with Gasteiger partial charge in [0.15, 0.2) is 5.78 Å². The van der Waals surface area contributed by atoms with Gasteiger partial charge in [0.2, 0.25) is 0 Å². The number of ketones is 1. The number of hydrogen-bond acceptors (Lipinski definition) is 2. The molecule has 2 nitrogen and oxygen atoms in total. The summed E-state index contributed by atoms with van der Waals surface area (Å²) in [5.41, 5.74) is 5.67. The maximum absolute atomic E-state index is 11.8. The summed E-state index contributed by atoms with van der Waals surface area (Å²) in [4.78, 5) is 11.8. The highest BCUT2D eigenvalue weighted by molar-refractivity contribution is 5.99. The Morgan fingerprint density at radius 3 is 2.27 bits per heavy atom. The fourth-order valence-electron chi connectivity index (χ4n) is 1.76. The lowest BCUT2D eigenvalue weighted by atomic mass is 9.92. The molecule has 0 spiro atoms. The molecule has 0 saturated heterocycles. The maximum atomic E-state index is 11.8. The quantitative estimate of drug-likeness (QED) is 0.767. The minimum absolute atomic E-state index is 0.168. The Morgan fingerprint density at radius 2 is 1.73 bits per heavy atom. The van der Waals surface area contributed by atoms with Gasteiger partial charge in [0, 0.05) is 5.56 Å². The van der Waals surface area contributed by atoms with Crippen LogP contribution in [0.4, 0.5) is 0 Å². The van der Waals surface area contributed by atoms with Crippen LogP contribution in [-0.4, -0.2) is 19.4 Å². The van der Waals surface area contributed by atoms with Crippen LogP contribution in [-0.2, 0) is 0 Å². The number of aryl methyl sites for hydroxylation is 1. The third-order valence-electron chi connectivity index (χ3n) is 3.12. The van der Waals surface area contributed by atoms with E-state index in [0.717, 1.165) is 11.1 Å². The summed E-state index contributed by atoms with van der Waals surface area (Å²) in [7, 11) is 1.79. The van der Waals surface area contributed by atoms with Crippen LogP contribution in [0.25, 0.3) is 0 Å². The molecular formula is C13H19NO. The van der Waals surface area contributed by atoms with Crippen molar-refractivity contribution in [3.8, 4) is 0 Å². The molecule has 0 aliphatic rings. The van der Waals surface area contributed by atoms with Crippen molar-refractivity contribution >= 4 is 5.78 Å². The van der Waals surface area contributed by atoms with Crippen molar-refractivity contribution in [1.82, 2.24) is 5.32 Å². The Hall–Kier alpha value is -1.15. The predicted octanol–water partition coefficient (Wildman–Crippen LogP) is 2.32. The van der Waals surface area contributed by atoms with E-state index in [0.29, 0.717) is 6.54 Å². The van der Waals surface area contributed by atoms with E-state index in [9.17, 15) is 4.79 Å². The van der Waals surface area contributed by atoms with Crippen LogP contribution >= 0.6 is 0 Å². The molecule has 0 aromatic heterocycles. The average molecular weight is 205 g/mol. The van der Waals surface area contributed by atoms with Gasteiger partial charge in [-0.15, -0.1) is 0 Å². The van der Waals surface area contributed by atoms with Crippen LogP contribution in [0.5, 0.6) is 0 Å². The molecule has 1 N–H and O–H groups in total. The van der Waals surface area contributed by atoms with Crippen molar-refractivity contribution in [3.05, 3.63) is 33.9 Å². The molecule has 1 aromatic carbocycles. The van der Waals surface area contributed by atoms with E-state index in [-0.39, 0.29) is 5.78 Å². The first-order valence-electron chi connectivity index (χ1n) is 5.24. The maximum Gasteiger partial charge on any atom is 0.176 e. The summed E-state index contributed by atoms with van der Waals surface area (Å²) in [5, 5.41) is 2.90. The predicted molar refractivity (Wildman–Crippen MR) is 63.6 cm³/mol. The lowest BCUT2D eigenvalue weighted by molar-refractivity contribution is 0.0993. The van der Waals surface area contributed by atoms with Gasteiger partial charge in [-0.2, -0.15) is 0 Å². The fourth-order valence-corrected chi connectivity index (χ4v) is 1.76. The van der Waals surface area contributed by atoms with Gasteiger partial charge in [0.25, 0.3) is 0 Å². The summed E-state index contributed by atoms with van der Waals surface area (Å²) in [6, 6.07) is 2.00. The molecule has 15 heavy (non-hydrogen) atoms. The number of Topliss-reactive ketones (excluding diaryl/α,β-unsaturated/α-hetero) is 1. The molecular weight excluding hydrogens is 186 g/mol. The highest BCUT2D eigenvalue weighted by Crippen LogP contribution is 2.21. The third-order valence-corrected chi connectivity index (χ3v) is 3.12. The van der Waals surface area contributed by atoms with Crippen molar-refractivity contribution in [2.24, 2.45) is 0 Å². The fraction of sp³-hybridized carbons (Fsp3) is 0.462. The summed E-state index contributed by atoms with van der Waals surface area (Å²) in [6.07, 6.45) is 0. The first-order chi connectivity index (χ1) is 6.99. The van der Waals surface area contributed by atoms with Crippen LogP contribution in [0, 0.1) is 27.7 Å². The molecule has 82 valence electrons. The Bertz CT molecular complexity index is 394. The van der Waals surface area contributed by atoms with E-state index in [1.54, 1.807) is 7.05 Å². The molecule has 0 heterocycles. The van der Waals surface area contributed by atoms with E-state index in [4.69, 9.17) is 0 Å². The number of likely N-dealkylation sites (N-methyl/N-ethyl adjacent to an activating group) is 1. The van der Waals surface area contributed by atoms with Gasteiger partial charge < -0.3 is 5.32 Å². The van der Waals surface area contributed by atoms with E-state index < -0.39 is 0 Å². The highest BCUT2D eigenvalue weighted by Gasteiger charge is 2.12. The molecule has 0 amide bonds. The third kappa shape index (κ3) is 2.26. The van der Waals surface area contributed by atoms with E-state index in [2.05, 4.69) is 26.1 Å². The van der Waals surface area contributed by atoms with Crippen LogP contribution in [0.2, 0.25) is 0 Å². The van der Waals surface area contributed by atoms with Gasteiger partial charge in [-0.25, -0.2) is 0 Å². The second kappa shape index (κ2) is 4.58. The van der Waals surface area contributed by atoms with Gasteiger partial charge in [-0.1, -0.05) is 0 Å². The summed E-state index contributed by atoms with van der Waals surface area (Å²) in [6.45, 7) is 8.66. The second-order valence-electron chi connectivity index (χ2n) is 4.07. The lowest BCUT2D eigenvalue weighted by Gasteiger charge is -2.13. The van der Waals surface area contributed by atoms with Gasteiger partial charge in [0.1, 0.15) is 0 Å². The topological polar surface area (TPSA) is 29.1 Å². The molecule has 0 aliphatic carbocycles. The largest absolute Gasteiger partial charge is 0.313 e. The first kappa shape index (κ1) is 11.9. The van der Waals surface area contributed by atoms with Crippen LogP contribution < -0.4 is 5.32 Å². The minimum atomic E-state index is 0.168. The summed E-state index contributed by atoms with van der Waals surface area (Å²) >= 11 is 0. The van der Waals surface area contributed by atoms with Gasteiger partial charge in [-0.05, 0) is 63.1 Å². The first-order valence-corrected chi connectivity index (χ1v) is 5.24. The lowest BCUT2D eigenvalue weighted by Crippen LogP contribution is -2.20. The van der Waals surface area contributed by atoms with Crippen molar-refractivity contribution in [3.63, 3.8) is 0 Å². The highest BCUT2D eigenvalue weighted by atomic mass is 16.1. The van der Waals surface area contributed by atoms with Crippen molar-refractivity contribution in [2.45, 2.75) is 27.7 Å². The van der Waals surface area contributed by atoms with E-state index in [1.165, 1.54) is 16.7 Å². The van der Waals surface area contributed by atoms with E-state index in [1.807, 2.05) is 13.0 Å². The van der Waals surface area contributed by atoms with Crippen LogP contribution in [0.15, 0.2) is 6.07 Å². The molecule has 0 fully saturated rings. The molecule has 1 rings (SSSR count). The molecule has 2 heteroatoms. The molecule has 0 aliphatic heterocycles.